The summed E-state index contributed by atoms with van der Waals surface area (Å²) < 4.78 is 32.3. The van der Waals surface area contributed by atoms with Gasteiger partial charge < -0.3 is 13.8 Å². The normalized spacial score (nSPS) is 29.2. The van der Waals surface area contributed by atoms with Crippen molar-refractivity contribution in [2.45, 2.75) is 77.7 Å². The van der Waals surface area contributed by atoms with Crippen LogP contribution < -0.4 is 0 Å². The first-order chi connectivity index (χ1) is 11.1. The number of ether oxygens (including phenoxy) is 1. The third-order valence-electron chi connectivity index (χ3n) is 4.00. The van der Waals surface area contributed by atoms with Crippen LogP contribution in [0.5, 0.6) is 0 Å². The molecular weight excluding hydrogens is 316 g/mol. The predicted octanol–water partition coefficient (Wildman–Crippen LogP) is 4.98. The summed E-state index contributed by atoms with van der Waals surface area (Å²) in [5.41, 5.74) is 0. The van der Waals surface area contributed by atoms with E-state index >= 15 is 0 Å². The molecule has 1 saturated heterocycles. The molecule has 5 atom stereocenters. The number of alkyl halides is 1. The van der Waals surface area contributed by atoms with Gasteiger partial charge in [-0.2, -0.15) is 5.26 Å². The maximum absolute atomic E-state index is 14.6. The highest BCUT2D eigenvalue weighted by atomic mass is 31.2. The SMILES string of the molecule is CCCCCP(OCCC#N)OC1C(CCC)OCC(C)C1F. The molecule has 1 rings (SSSR count). The van der Waals surface area contributed by atoms with Crippen molar-refractivity contribution in [3.63, 3.8) is 0 Å². The van der Waals surface area contributed by atoms with E-state index in [0.717, 1.165) is 38.3 Å². The fourth-order valence-corrected chi connectivity index (χ4v) is 4.21. The Hall–Kier alpha value is -0.270. The monoisotopic (exact) mass is 347 g/mol. The number of hydrogen-bond acceptors (Lipinski definition) is 4. The lowest BCUT2D eigenvalue weighted by Crippen LogP contribution is -2.48. The number of nitriles is 1. The molecule has 0 aromatic carbocycles. The van der Waals surface area contributed by atoms with Gasteiger partial charge in [0, 0.05) is 12.1 Å². The highest BCUT2D eigenvalue weighted by Gasteiger charge is 2.40. The number of hydrogen-bond donors (Lipinski definition) is 0. The van der Waals surface area contributed by atoms with Gasteiger partial charge >= 0.3 is 0 Å². The first-order valence-electron chi connectivity index (χ1n) is 8.83. The van der Waals surface area contributed by atoms with Crippen LogP contribution in [-0.4, -0.2) is 37.8 Å². The van der Waals surface area contributed by atoms with E-state index in [4.69, 9.17) is 19.0 Å². The molecule has 1 aliphatic rings. The van der Waals surface area contributed by atoms with E-state index < -0.39 is 20.7 Å². The zero-order valence-electron chi connectivity index (χ0n) is 14.7. The molecule has 6 heteroatoms. The second-order valence-corrected chi connectivity index (χ2v) is 7.74. The van der Waals surface area contributed by atoms with Crippen molar-refractivity contribution >= 4 is 8.38 Å². The van der Waals surface area contributed by atoms with Crippen LogP contribution in [0.3, 0.4) is 0 Å². The van der Waals surface area contributed by atoms with E-state index in [1.165, 1.54) is 0 Å². The first-order valence-corrected chi connectivity index (χ1v) is 10.2. The van der Waals surface area contributed by atoms with Gasteiger partial charge in [0.1, 0.15) is 12.3 Å². The summed E-state index contributed by atoms with van der Waals surface area (Å²) in [7, 11) is -1.16. The van der Waals surface area contributed by atoms with Crippen LogP contribution in [-0.2, 0) is 13.8 Å². The van der Waals surface area contributed by atoms with Crippen LogP contribution in [0.15, 0.2) is 0 Å². The summed E-state index contributed by atoms with van der Waals surface area (Å²) >= 11 is 0. The van der Waals surface area contributed by atoms with Crippen LogP contribution >= 0.6 is 8.38 Å². The van der Waals surface area contributed by atoms with E-state index in [2.05, 4.69) is 19.9 Å². The lowest BCUT2D eigenvalue weighted by molar-refractivity contribution is -0.128. The summed E-state index contributed by atoms with van der Waals surface area (Å²) in [5.74, 6) is -0.153. The maximum Gasteiger partial charge on any atom is 0.170 e. The highest BCUT2D eigenvalue weighted by molar-refractivity contribution is 7.47. The molecule has 0 aromatic rings. The number of rotatable bonds is 11. The fraction of sp³-hybridized carbons (Fsp3) is 0.941. The van der Waals surface area contributed by atoms with E-state index in [1.54, 1.807) is 0 Å². The number of nitrogens with zero attached hydrogens (tertiary/aromatic N) is 1. The van der Waals surface area contributed by atoms with Gasteiger partial charge in [0.2, 0.25) is 0 Å². The summed E-state index contributed by atoms with van der Waals surface area (Å²) in [6.45, 7) is 6.88. The standard InChI is InChI=1S/C17H31FNO3P/c1-4-6-7-12-23(21-11-8-10-19)22-17-15(9-5-2)20-13-14(3)16(17)18/h14-17H,4-9,11-13H2,1-3H3. The average molecular weight is 347 g/mol. The van der Waals surface area contributed by atoms with Crippen molar-refractivity contribution in [3.05, 3.63) is 0 Å². The second kappa shape index (κ2) is 12.1. The Balaban J connectivity index is 2.64. The Bertz CT molecular complexity index is 353. The number of halogens is 1. The minimum atomic E-state index is -1.16. The summed E-state index contributed by atoms with van der Waals surface area (Å²) in [5, 5.41) is 8.66. The topological polar surface area (TPSA) is 51.5 Å². The van der Waals surface area contributed by atoms with Crippen molar-refractivity contribution in [1.29, 1.82) is 5.26 Å². The Kier molecular flexibility index (Phi) is 11.0. The molecule has 0 aliphatic carbocycles. The molecule has 0 saturated carbocycles. The largest absolute Gasteiger partial charge is 0.375 e. The van der Waals surface area contributed by atoms with Crippen LogP contribution in [0.1, 0.15) is 59.3 Å². The smallest absolute Gasteiger partial charge is 0.170 e. The van der Waals surface area contributed by atoms with E-state index in [0.29, 0.717) is 19.6 Å². The third kappa shape index (κ3) is 7.44. The third-order valence-corrected chi connectivity index (χ3v) is 5.63. The lowest BCUT2D eigenvalue weighted by atomic mass is 9.93. The van der Waals surface area contributed by atoms with Gasteiger partial charge in [-0.25, -0.2) is 4.39 Å². The zero-order valence-corrected chi connectivity index (χ0v) is 15.6. The number of unbranched alkanes of at least 4 members (excludes halogenated alkanes) is 2. The molecule has 23 heavy (non-hydrogen) atoms. The van der Waals surface area contributed by atoms with E-state index in [1.807, 2.05) is 6.92 Å². The molecule has 4 nitrogen and oxygen atoms in total. The molecule has 0 aromatic heterocycles. The van der Waals surface area contributed by atoms with Gasteiger partial charge in [-0.1, -0.05) is 40.0 Å². The van der Waals surface area contributed by atoms with Gasteiger partial charge in [-0.05, 0) is 12.8 Å². The fourth-order valence-electron chi connectivity index (χ4n) is 2.62. The van der Waals surface area contributed by atoms with Gasteiger partial charge in [0.05, 0.1) is 31.8 Å². The molecule has 1 aliphatic heterocycles. The minimum Gasteiger partial charge on any atom is -0.375 e. The molecule has 0 radical (unpaired) electrons. The second-order valence-electron chi connectivity index (χ2n) is 6.16. The van der Waals surface area contributed by atoms with Crippen LogP contribution in [0.25, 0.3) is 0 Å². The van der Waals surface area contributed by atoms with Crippen molar-refractivity contribution in [2.24, 2.45) is 5.92 Å². The Labute approximate surface area is 141 Å². The van der Waals surface area contributed by atoms with E-state index in [9.17, 15) is 4.39 Å². The maximum atomic E-state index is 14.6. The predicted molar refractivity (Wildman–Crippen MR) is 91.1 cm³/mol. The van der Waals surface area contributed by atoms with Crippen molar-refractivity contribution in [2.75, 3.05) is 19.4 Å². The lowest BCUT2D eigenvalue weighted by Gasteiger charge is -2.39. The molecule has 0 spiro atoms. The van der Waals surface area contributed by atoms with Gasteiger partial charge in [-0.3, -0.25) is 0 Å². The molecule has 134 valence electrons. The van der Waals surface area contributed by atoms with E-state index in [-0.39, 0.29) is 12.0 Å². The molecule has 1 heterocycles. The zero-order chi connectivity index (χ0) is 17.1. The van der Waals surface area contributed by atoms with Crippen LogP contribution in [0, 0.1) is 17.2 Å². The molecule has 0 N–H and O–H groups in total. The summed E-state index contributed by atoms with van der Waals surface area (Å²) in [6.07, 6.45) is 4.35. The molecule has 0 amide bonds. The van der Waals surface area contributed by atoms with Crippen LogP contribution in [0.2, 0.25) is 0 Å². The van der Waals surface area contributed by atoms with Crippen molar-refractivity contribution < 1.29 is 18.2 Å². The quantitative estimate of drug-likeness (QED) is 0.391. The minimum absolute atomic E-state index is 0.153. The highest BCUT2D eigenvalue weighted by Crippen LogP contribution is 2.44. The van der Waals surface area contributed by atoms with Crippen LogP contribution in [0.4, 0.5) is 4.39 Å². The summed E-state index contributed by atoms with van der Waals surface area (Å²) in [6, 6.07) is 2.07. The first kappa shape index (κ1) is 20.8. The van der Waals surface area contributed by atoms with Gasteiger partial charge in [-0.15, -0.1) is 0 Å². The van der Waals surface area contributed by atoms with Crippen molar-refractivity contribution in [3.8, 4) is 6.07 Å². The van der Waals surface area contributed by atoms with Crippen molar-refractivity contribution in [1.82, 2.24) is 0 Å². The van der Waals surface area contributed by atoms with Gasteiger partial charge in [0.15, 0.2) is 8.38 Å². The Morgan fingerprint density at radius 2 is 2.09 bits per heavy atom. The average Bonchev–Trinajstić information content (AvgIpc) is 2.54. The molecule has 5 unspecified atom stereocenters. The molecule has 0 bridgehead atoms. The Morgan fingerprint density at radius 3 is 2.74 bits per heavy atom. The molecular formula is C17H31FNO3P. The Morgan fingerprint density at radius 1 is 1.30 bits per heavy atom. The summed E-state index contributed by atoms with van der Waals surface area (Å²) in [4.78, 5) is 0. The van der Waals surface area contributed by atoms with Gasteiger partial charge in [0.25, 0.3) is 0 Å². The molecule has 1 fully saturated rings.